The number of β-amino-alcohol motifs (C(OH)–C–C–N with tert-alkyl or cyclic N) is 1. The molecule has 0 radical (unpaired) electrons. The summed E-state index contributed by atoms with van der Waals surface area (Å²) in [6, 6.07) is 5.32. The van der Waals surface area contributed by atoms with Crippen LogP contribution in [0.15, 0.2) is 27.4 Å². The lowest BCUT2D eigenvalue weighted by Crippen LogP contribution is -2.24. The topological polar surface area (TPSA) is 103 Å². The fourth-order valence-corrected chi connectivity index (χ4v) is 3.16. The van der Waals surface area contributed by atoms with E-state index in [1.54, 1.807) is 18.2 Å². The number of aliphatic hydroxyl groups is 2. The van der Waals surface area contributed by atoms with Crippen LogP contribution in [-0.4, -0.2) is 50.9 Å². The number of aliphatic hydroxyl groups excluding tert-OH is 2. The van der Waals surface area contributed by atoms with Gasteiger partial charge in [0.15, 0.2) is 0 Å². The number of furan rings is 1. The van der Waals surface area contributed by atoms with Gasteiger partial charge in [0, 0.05) is 24.0 Å². The molecule has 1 atom stereocenters. The summed E-state index contributed by atoms with van der Waals surface area (Å²) in [7, 11) is 0. The van der Waals surface area contributed by atoms with E-state index in [-0.39, 0.29) is 23.9 Å². The van der Waals surface area contributed by atoms with E-state index in [0.29, 0.717) is 35.4 Å². The molecule has 128 valence electrons. The summed E-state index contributed by atoms with van der Waals surface area (Å²) in [5, 5.41) is 19.2. The second kappa shape index (κ2) is 6.33. The summed E-state index contributed by atoms with van der Waals surface area (Å²) >= 11 is 0. The van der Waals surface area contributed by atoms with Gasteiger partial charge in [0.1, 0.15) is 23.5 Å². The molecule has 0 saturated carbocycles. The fourth-order valence-electron chi connectivity index (χ4n) is 3.16. The van der Waals surface area contributed by atoms with Gasteiger partial charge in [-0.15, -0.1) is 0 Å². The van der Waals surface area contributed by atoms with E-state index in [2.05, 4.69) is 26.7 Å². The Balaban J connectivity index is 1.79. The number of likely N-dealkylation sites (tertiary alicyclic amines) is 1. The van der Waals surface area contributed by atoms with E-state index in [9.17, 15) is 9.90 Å². The molecule has 7 nitrogen and oxygen atoms in total. The molecule has 1 aliphatic heterocycles. The molecular formula is C18H17N3O4. The monoisotopic (exact) mass is 339 g/mol. The Morgan fingerprint density at radius 2 is 2.32 bits per heavy atom. The predicted octanol–water partition coefficient (Wildman–Crippen LogP) is 0.580. The van der Waals surface area contributed by atoms with Gasteiger partial charge in [-0.3, -0.25) is 9.69 Å². The Bertz CT molecular complexity index is 1060. The van der Waals surface area contributed by atoms with Crippen LogP contribution in [0.4, 0.5) is 0 Å². The summed E-state index contributed by atoms with van der Waals surface area (Å²) < 4.78 is 5.63. The highest BCUT2D eigenvalue weighted by Gasteiger charge is 2.21. The molecule has 1 fully saturated rings. The fraction of sp³-hybridized carbons (Fsp3) is 0.333. The van der Waals surface area contributed by atoms with Crippen molar-refractivity contribution in [3.8, 4) is 11.8 Å². The summed E-state index contributed by atoms with van der Waals surface area (Å²) in [6.45, 7) is 1.61. The van der Waals surface area contributed by atoms with Crippen molar-refractivity contribution in [2.75, 3.05) is 19.7 Å². The van der Waals surface area contributed by atoms with Gasteiger partial charge in [0.05, 0.1) is 12.6 Å². The zero-order chi connectivity index (χ0) is 17.4. The SMILES string of the molecule is O=c1[nH]c(CN2CC[C@H](O)C2)nc2c1oc1ccc(C#CCO)cc12. The Labute approximate surface area is 142 Å². The Morgan fingerprint density at radius 1 is 1.44 bits per heavy atom. The molecule has 3 N–H and O–H groups in total. The number of aromatic amines is 1. The molecular weight excluding hydrogens is 322 g/mol. The second-order valence-electron chi connectivity index (χ2n) is 6.14. The van der Waals surface area contributed by atoms with Crippen LogP contribution in [0, 0.1) is 11.8 Å². The number of benzene rings is 1. The first-order valence-corrected chi connectivity index (χ1v) is 8.09. The van der Waals surface area contributed by atoms with Crippen LogP contribution in [0.5, 0.6) is 0 Å². The predicted molar refractivity (Wildman–Crippen MR) is 92.0 cm³/mol. The minimum atomic E-state index is -0.321. The molecule has 1 aromatic carbocycles. The number of H-pyrrole nitrogens is 1. The quantitative estimate of drug-likeness (QED) is 0.590. The molecule has 1 aliphatic rings. The summed E-state index contributed by atoms with van der Waals surface area (Å²) in [6.07, 6.45) is 0.409. The molecule has 1 saturated heterocycles. The summed E-state index contributed by atoms with van der Waals surface area (Å²) in [4.78, 5) is 21.7. The van der Waals surface area contributed by atoms with Crippen LogP contribution in [0.1, 0.15) is 17.8 Å². The molecule has 0 spiro atoms. The average molecular weight is 339 g/mol. The lowest BCUT2D eigenvalue weighted by Gasteiger charge is -2.13. The Kier molecular flexibility index (Phi) is 4.01. The number of hydrogen-bond acceptors (Lipinski definition) is 6. The lowest BCUT2D eigenvalue weighted by molar-refractivity contribution is 0.174. The van der Waals surface area contributed by atoms with Crippen LogP contribution >= 0.6 is 0 Å². The third-order valence-corrected chi connectivity index (χ3v) is 4.31. The van der Waals surface area contributed by atoms with Gasteiger partial charge in [0.2, 0.25) is 5.58 Å². The van der Waals surface area contributed by atoms with E-state index >= 15 is 0 Å². The van der Waals surface area contributed by atoms with Crippen molar-refractivity contribution in [1.29, 1.82) is 0 Å². The van der Waals surface area contributed by atoms with Crippen LogP contribution in [0.2, 0.25) is 0 Å². The average Bonchev–Trinajstić information content (AvgIpc) is 3.17. The maximum Gasteiger partial charge on any atom is 0.294 e. The van der Waals surface area contributed by atoms with E-state index in [1.807, 2.05) is 0 Å². The molecule has 3 aromatic rings. The number of nitrogens with one attached hydrogen (secondary N) is 1. The third kappa shape index (κ3) is 3.03. The normalized spacial score (nSPS) is 17.9. The van der Waals surface area contributed by atoms with Crippen LogP contribution in [0.25, 0.3) is 22.1 Å². The maximum atomic E-state index is 12.3. The third-order valence-electron chi connectivity index (χ3n) is 4.31. The highest BCUT2D eigenvalue weighted by atomic mass is 16.3. The van der Waals surface area contributed by atoms with Gasteiger partial charge in [0.25, 0.3) is 5.56 Å². The molecule has 3 heterocycles. The molecule has 4 rings (SSSR count). The molecule has 0 amide bonds. The zero-order valence-corrected chi connectivity index (χ0v) is 13.5. The van der Waals surface area contributed by atoms with Crippen LogP contribution in [0.3, 0.4) is 0 Å². The molecule has 7 heteroatoms. The van der Waals surface area contributed by atoms with Crippen molar-refractivity contribution in [3.05, 3.63) is 39.9 Å². The van der Waals surface area contributed by atoms with Gasteiger partial charge in [-0.2, -0.15) is 0 Å². The minimum Gasteiger partial charge on any atom is -0.449 e. The molecule has 0 unspecified atom stereocenters. The second-order valence-corrected chi connectivity index (χ2v) is 6.14. The van der Waals surface area contributed by atoms with Gasteiger partial charge in [-0.05, 0) is 24.6 Å². The number of nitrogens with zero attached hydrogens (tertiary/aromatic N) is 2. The number of fused-ring (bicyclic) bond motifs is 3. The maximum absolute atomic E-state index is 12.3. The number of rotatable bonds is 2. The van der Waals surface area contributed by atoms with Crippen LogP contribution < -0.4 is 5.56 Å². The molecule has 25 heavy (non-hydrogen) atoms. The van der Waals surface area contributed by atoms with E-state index in [4.69, 9.17) is 9.52 Å². The minimum absolute atomic E-state index is 0.187. The zero-order valence-electron chi connectivity index (χ0n) is 13.5. The lowest BCUT2D eigenvalue weighted by atomic mass is 10.1. The highest BCUT2D eigenvalue weighted by Crippen LogP contribution is 2.26. The Morgan fingerprint density at radius 3 is 3.08 bits per heavy atom. The standard InChI is InChI=1S/C18H17N3O4/c22-7-1-2-11-3-4-14-13(8-11)16-17(25-14)18(24)20-15(19-16)10-21-6-5-12(23)9-21/h3-4,8,12,22-23H,5-7,9-10H2,(H,19,20,24)/t12-/m0/s1. The van der Waals surface area contributed by atoms with Crippen molar-refractivity contribution < 1.29 is 14.6 Å². The van der Waals surface area contributed by atoms with Crippen molar-refractivity contribution in [3.63, 3.8) is 0 Å². The molecule has 2 aromatic heterocycles. The van der Waals surface area contributed by atoms with Gasteiger partial charge in [-0.25, -0.2) is 4.98 Å². The van der Waals surface area contributed by atoms with E-state index in [0.717, 1.165) is 18.5 Å². The van der Waals surface area contributed by atoms with E-state index in [1.165, 1.54) is 0 Å². The van der Waals surface area contributed by atoms with Crippen molar-refractivity contribution in [2.45, 2.75) is 19.1 Å². The summed E-state index contributed by atoms with van der Waals surface area (Å²) in [5.41, 5.74) is 1.65. The van der Waals surface area contributed by atoms with Crippen molar-refractivity contribution in [1.82, 2.24) is 14.9 Å². The smallest absolute Gasteiger partial charge is 0.294 e. The first-order valence-electron chi connectivity index (χ1n) is 8.09. The highest BCUT2D eigenvalue weighted by molar-refractivity contribution is 6.02. The largest absolute Gasteiger partial charge is 0.449 e. The van der Waals surface area contributed by atoms with Crippen molar-refractivity contribution in [2.24, 2.45) is 0 Å². The van der Waals surface area contributed by atoms with Gasteiger partial charge in [-0.1, -0.05) is 11.8 Å². The van der Waals surface area contributed by atoms with Crippen molar-refractivity contribution >= 4 is 22.1 Å². The first kappa shape index (κ1) is 15.8. The number of hydrogen-bond donors (Lipinski definition) is 3. The molecule has 0 bridgehead atoms. The first-order chi connectivity index (χ1) is 12.1. The van der Waals surface area contributed by atoms with E-state index < -0.39 is 0 Å². The van der Waals surface area contributed by atoms with Gasteiger partial charge < -0.3 is 19.6 Å². The van der Waals surface area contributed by atoms with Crippen LogP contribution in [-0.2, 0) is 6.54 Å². The van der Waals surface area contributed by atoms with Gasteiger partial charge >= 0.3 is 0 Å². The summed E-state index contributed by atoms with van der Waals surface area (Å²) in [5.74, 6) is 5.99. The molecule has 0 aliphatic carbocycles. The Hall–Kier alpha value is -2.66. The number of aromatic nitrogens is 2.